The van der Waals surface area contributed by atoms with Crippen LogP contribution in [-0.4, -0.2) is 5.78 Å². The predicted octanol–water partition coefficient (Wildman–Crippen LogP) is 5.30. The quantitative estimate of drug-likeness (QED) is 0.686. The predicted molar refractivity (Wildman–Crippen MR) is 81.8 cm³/mol. The van der Waals surface area contributed by atoms with Crippen molar-refractivity contribution in [3.05, 3.63) is 35.0 Å². The summed E-state index contributed by atoms with van der Waals surface area (Å²) in [5, 5.41) is 0.969. The topological polar surface area (TPSA) is 17.1 Å². The van der Waals surface area contributed by atoms with Crippen LogP contribution in [0.5, 0.6) is 0 Å². The minimum atomic E-state index is -0.238. The minimum absolute atomic E-state index is 0.145. The first-order valence-electron chi connectivity index (χ1n) is 7.26. The summed E-state index contributed by atoms with van der Waals surface area (Å²) in [7, 11) is 0. The molecule has 0 saturated heterocycles. The van der Waals surface area contributed by atoms with Crippen LogP contribution < -0.4 is 0 Å². The van der Waals surface area contributed by atoms with Gasteiger partial charge in [-0.2, -0.15) is 0 Å². The molecule has 0 spiro atoms. The lowest BCUT2D eigenvalue weighted by Crippen LogP contribution is -2.25. The molecule has 2 aromatic rings. The van der Waals surface area contributed by atoms with E-state index in [9.17, 15) is 9.18 Å². The van der Waals surface area contributed by atoms with Gasteiger partial charge in [-0.25, -0.2) is 4.39 Å². The van der Waals surface area contributed by atoms with Crippen molar-refractivity contribution in [1.29, 1.82) is 0 Å². The number of hydrogen-bond acceptors (Lipinski definition) is 2. The van der Waals surface area contributed by atoms with E-state index in [1.54, 1.807) is 6.07 Å². The van der Waals surface area contributed by atoms with E-state index in [4.69, 9.17) is 0 Å². The lowest BCUT2D eigenvalue weighted by molar-refractivity contribution is 0.0840. The van der Waals surface area contributed by atoms with Crippen molar-refractivity contribution in [1.82, 2.24) is 0 Å². The Balaban J connectivity index is 1.88. The highest BCUT2D eigenvalue weighted by atomic mass is 32.1. The molecule has 1 nitrogen and oxygen atoms in total. The molecule has 1 saturated carbocycles. The number of Topliss-reactive ketones (excluding diaryl/α,β-unsaturated/α-hetero) is 1. The Bertz CT molecular complexity index is 635. The first kappa shape index (κ1) is 13.7. The van der Waals surface area contributed by atoms with Gasteiger partial charge in [-0.3, -0.25) is 4.79 Å². The molecule has 2 unspecified atom stereocenters. The molecule has 0 amide bonds. The SMILES string of the molecule is CC1CC(C)CC(C(=O)c2cc3ccc(F)cc3s2)C1. The Morgan fingerprint density at radius 1 is 1.15 bits per heavy atom. The van der Waals surface area contributed by atoms with Gasteiger partial charge in [0.05, 0.1) is 4.88 Å². The Kier molecular flexibility index (Phi) is 3.63. The molecule has 20 heavy (non-hydrogen) atoms. The number of fused-ring (bicyclic) bond motifs is 1. The average molecular weight is 290 g/mol. The van der Waals surface area contributed by atoms with Crippen LogP contribution in [0.15, 0.2) is 24.3 Å². The van der Waals surface area contributed by atoms with Gasteiger partial charge in [0.15, 0.2) is 5.78 Å². The molecule has 0 bridgehead atoms. The van der Waals surface area contributed by atoms with E-state index in [1.807, 2.05) is 6.07 Å². The third kappa shape index (κ3) is 2.64. The van der Waals surface area contributed by atoms with E-state index in [1.165, 1.54) is 29.9 Å². The van der Waals surface area contributed by atoms with Crippen LogP contribution in [0.4, 0.5) is 4.39 Å². The summed E-state index contributed by atoms with van der Waals surface area (Å²) in [4.78, 5) is 13.5. The Morgan fingerprint density at radius 2 is 1.85 bits per heavy atom. The number of carbonyl (C=O) groups excluding carboxylic acids is 1. The van der Waals surface area contributed by atoms with Gasteiger partial charge in [0, 0.05) is 10.6 Å². The lowest BCUT2D eigenvalue weighted by atomic mass is 9.75. The number of benzene rings is 1. The van der Waals surface area contributed by atoms with E-state index in [-0.39, 0.29) is 17.5 Å². The van der Waals surface area contributed by atoms with Crippen LogP contribution in [0, 0.1) is 23.6 Å². The van der Waals surface area contributed by atoms with Gasteiger partial charge in [-0.1, -0.05) is 19.9 Å². The van der Waals surface area contributed by atoms with Gasteiger partial charge < -0.3 is 0 Å². The summed E-state index contributed by atoms with van der Waals surface area (Å²) in [6.07, 6.45) is 3.21. The number of hydrogen-bond donors (Lipinski definition) is 0. The molecule has 106 valence electrons. The number of ketones is 1. The molecule has 3 heteroatoms. The van der Waals surface area contributed by atoms with Crippen LogP contribution in [0.2, 0.25) is 0 Å². The number of halogens is 1. The van der Waals surface area contributed by atoms with Crippen molar-refractivity contribution in [3.63, 3.8) is 0 Å². The molecular weight excluding hydrogens is 271 g/mol. The third-order valence-corrected chi connectivity index (χ3v) is 5.39. The first-order chi connectivity index (χ1) is 9.52. The van der Waals surface area contributed by atoms with E-state index in [2.05, 4.69) is 13.8 Å². The molecule has 1 aliphatic carbocycles. The monoisotopic (exact) mass is 290 g/mol. The molecule has 1 aliphatic rings. The molecular formula is C17H19FOS. The molecule has 1 heterocycles. The third-order valence-electron chi connectivity index (χ3n) is 4.27. The van der Waals surface area contributed by atoms with E-state index in [0.29, 0.717) is 11.8 Å². The number of carbonyl (C=O) groups is 1. The number of thiophene rings is 1. The van der Waals surface area contributed by atoms with Gasteiger partial charge in [0.1, 0.15) is 5.82 Å². The van der Waals surface area contributed by atoms with Gasteiger partial charge in [-0.05, 0) is 54.7 Å². The minimum Gasteiger partial charge on any atom is -0.293 e. The average Bonchev–Trinajstić information content (AvgIpc) is 2.79. The molecule has 0 radical (unpaired) electrons. The standard InChI is InChI=1S/C17H19FOS/c1-10-5-11(2)7-13(6-10)17(19)16-8-12-3-4-14(18)9-15(12)20-16/h3-4,8-11,13H,5-7H2,1-2H3. The van der Waals surface area contributed by atoms with Gasteiger partial charge in [0.2, 0.25) is 0 Å². The van der Waals surface area contributed by atoms with Crippen molar-refractivity contribution >= 4 is 27.2 Å². The van der Waals surface area contributed by atoms with Crippen molar-refractivity contribution in [2.75, 3.05) is 0 Å². The van der Waals surface area contributed by atoms with E-state index >= 15 is 0 Å². The van der Waals surface area contributed by atoms with Gasteiger partial charge in [0.25, 0.3) is 0 Å². The summed E-state index contributed by atoms with van der Waals surface area (Å²) >= 11 is 1.43. The maximum Gasteiger partial charge on any atom is 0.175 e. The maximum atomic E-state index is 13.2. The van der Waals surface area contributed by atoms with Crippen LogP contribution in [0.1, 0.15) is 42.8 Å². The molecule has 3 rings (SSSR count). The fourth-order valence-corrected chi connectivity index (χ4v) is 4.60. The van der Waals surface area contributed by atoms with Crippen molar-refractivity contribution in [3.8, 4) is 0 Å². The number of rotatable bonds is 2. The molecule has 1 aromatic heterocycles. The second-order valence-electron chi connectivity index (χ2n) is 6.27. The fraction of sp³-hybridized carbons (Fsp3) is 0.471. The van der Waals surface area contributed by atoms with Crippen LogP contribution in [0.25, 0.3) is 10.1 Å². The Hall–Kier alpha value is -1.22. The van der Waals surface area contributed by atoms with Crippen molar-refractivity contribution in [2.24, 2.45) is 17.8 Å². The fourth-order valence-electron chi connectivity index (χ4n) is 3.49. The Labute approximate surface area is 122 Å². The lowest BCUT2D eigenvalue weighted by Gasteiger charge is -2.30. The van der Waals surface area contributed by atoms with Crippen LogP contribution in [-0.2, 0) is 0 Å². The van der Waals surface area contributed by atoms with Gasteiger partial charge in [-0.15, -0.1) is 11.3 Å². The van der Waals surface area contributed by atoms with E-state index < -0.39 is 0 Å². The summed E-state index contributed by atoms with van der Waals surface area (Å²) in [5.74, 6) is 1.41. The van der Waals surface area contributed by atoms with Crippen LogP contribution in [0.3, 0.4) is 0 Å². The summed E-state index contributed by atoms with van der Waals surface area (Å²) in [6.45, 7) is 4.46. The smallest absolute Gasteiger partial charge is 0.175 e. The highest BCUT2D eigenvalue weighted by Crippen LogP contribution is 2.37. The zero-order valence-corrected chi connectivity index (χ0v) is 12.7. The van der Waals surface area contributed by atoms with Crippen molar-refractivity contribution < 1.29 is 9.18 Å². The molecule has 0 N–H and O–H groups in total. The largest absolute Gasteiger partial charge is 0.293 e. The van der Waals surface area contributed by atoms with Crippen LogP contribution >= 0.6 is 11.3 Å². The zero-order chi connectivity index (χ0) is 14.3. The highest BCUT2D eigenvalue weighted by Gasteiger charge is 2.30. The molecule has 2 atom stereocenters. The summed E-state index contributed by atoms with van der Waals surface area (Å²) in [6, 6.07) is 6.65. The molecule has 0 aliphatic heterocycles. The van der Waals surface area contributed by atoms with Crippen molar-refractivity contribution in [2.45, 2.75) is 33.1 Å². The highest BCUT2D eigenvalue weighted by molar-refractivity contribution is 7.20. The summed E-state index contributed by atoms with van der Waals surface area (Å²) in [5.41, 5.74) is 0. The first-order valence-corrected chi connectivity index (χ1v) is 8.08. The second kappa shape index (κ2) is 5.28. The van der Waals surface area contributed by atoms with Gasteiger partial charge >= 0.3 is 0 Å². The Morgan fingerprint density at radius 3 is 2.55 bits per heavy atom. The second-order valence-corrected chi connectivity index (χ2v) is 7.36. The normalized spacial score (nSPS) is 26.9. The summed E-state index contributed by atoms with van der Waals surface area (Å²) < 4.78 is 14.1. The zero-order valence-electron chi connectivity index (χ0n) is 11.9. The van der Waals surface area contributed by atoms with E-state index in [0.717, 1.165) is 27.8 Å². The maximum absolute atomic E-state index is 13.2. The molecule has 1 fully saturated rings. The molecule has 1 aromatic carbocycles.